The Labute approximate surface area is 92.3 Å². The lowest BCUT2D eigenvalue weighted by Gasteiger charge is -2.19. The van der Waals surface area contributed by atoms with Gasteiger partial charge in [-0.15, -0.1) is 0 Å². The van der Waals surface area contributed by atoms with Crippen LogP contribution in [0, 0.1) is 0 Å². The molecule has 14 heavy (non-hydrogen) atoms. The van der Waals surface area contributed by atoms with Crippen LogP contribution in [0.5, 0.6) is 0 Å². The third-order valence-corrected chi connectivity index (χ3v) is 2.49. The van der Waals surface area contributed by atoms with Crippen LogP contribution in [0.4, 0.5) is 5.95 Å². The van der Waals surface area contributed by atoms with Gasteiger partial charge in [0.05, 0.1) is 0 Å². The second kappa shape index (κ2) is 3.87. The van der Waals surface area contributed by atoms with Crippen molar-refractivity contribution >= 4 is 29.2 Å². The van der Waals surface area contributed by atoms with Crippen molar-refractivity contribution in [2.24, 2.45) is 0 Å². The SMILES string of the molecule is CCN(c1nc(Cl)nc(Cl)n1)C1CC1. The number of rotatable bonds is 3. The summed E-state index contributed by atoms with van der Waals surface area (Å²) in [6, 6.07) is 0.550. The number of aromatic nitrogens is 3. The smallest absolute Gasteiger partial charge is 0.231 e. The molecule has 1 heterocycles. The monoisotopic (exact) mass is 232 g/mol. The molecule has 1 aliphatic rings. The molecule has 1 aliphatic carbocycles. The van der Waals surface area contributed by atoms with Crippen molar-refractivity contribution in [2.75, 3.05) is 11.4 Å². The molecule has 0 aromatic carbocycles. The molecule has 0 amide bonds. The van der Waals surface area contributed by atoms with Crippen LogP contribution in [0.15, 0.2) is 0 Å². The number of nitrogens with zero attached hydrogens (tertiary/aromatic N) is 4. The van der Waals surface area contributed by atoms with Crippen LogP contribution < -0.4 is 4.90 Å². The van der Waals surface area contributed by atoms with Gasteiger partial charge in [0, 0.05) is 12.6 Å². The first-order chi connectivity index (χ1) is 6.70. The quantitative estimate of drug-likeness (QED) is 0.802. The van der Waals surface area contributed by atoms with Gasteiger partial charge in [-0.2, -0.15) is 15.0 Å². The topological polar surface area (TPSA) is 41.9 Å². The highest BCUT2D eigenvalue weighted by Crippen LogP contribution is 2.29. The van der Waals surface area contributed by atoms with Crippen molar-refractivity contribution in [3.63, 3.8) is 0 Å². The lowest BCUT2D eigenvalue weighted by Crippen LogP contribution is -2.27. The minimum absolute atomic E-state index is 0.152. The summed E-state index contributed by atoms with van der Waals surface area (Å²) < 4.78 is 0. The van der Waals surface area contributed by atoms with Crippen LogP contribution in [0.2, 0.25) is 10.6 Å². The highest BCUT2D eigenvalue weighted by Gasteiger charge is 2.30. The molecule has 0 aliphatic heterocycles. The number of hydrogen-bond donors (Lipinski definition) is 0. The van der Waals surface area contributed by atoms with Crippen molar-refractivity contribution in [2.45, 2.75) is 25.8 Å². The normalized spacial score (nSPS) is 15.6. The molecule has 0 bridgehead atoms. The van der Waals surface area contributed by atoms with Crippen LogP contribution >= 0.6 is 23.2 Å². The van der Waals surface area contributed by atoms with E-state index in [1.54, 1.807) is 0 Å². The maximum Gasteiger partial charge on any atom is 0.231 e. The molecule has 6 heteroatoms. The zero-order valence-electron chi connectivity index (χ0n) is 7.74. The van der Waals surface area contributed by atoms with E-state index in [2.05, 4.69) is 26.8 Å². The van der Waals surface area contributed by atoms with Gasteiger partial charge in [0.2, 0.25) is 16.5 Å². The van der Waals surface area contributed by atoms with Gasteiger partial charge in [0.25, 0.3) is 0 Å². The predicted octanol–water partition coefficient (Wildman–Crippen LogP) is 2.17. The summed E-state index contributed by atoms with van der Waals surface area (Å²) in [5, 5.41) is 0.304. The standard InChI is InChI=1S/C8H10Cl2N4/c1-2-14(5-3-4-5)8-12-6(9)11-7(10)13-8/h5H,2-4H2,1H3. The van der Waals surface area contributed by atoms with E-state index in [0.29, 0.717) is 12.0 Å². The van der Waals surface area contributed by atoms with Crippen LogP contribution in [-0.2, 0) is 0 Å². The molecule has 0 atom stereocenters. The Morgan fingerprint density at radius 3 is 2.21 bits per heavy atom. The number of anilines is 1. The van der Waals surface area contributed by atoms with Crippen LogP contribution in [-0.4, -0.2) is 27.5 Å². The molecule has 76 valence electrons. The molecule has 0 spiro atoms. The Kier molecular flexibility index (Phi) is 2.74. The van der Waals surface area contributed by atoms with E-state index in [1.165, 1.54) is 12.8 Å². The van der Waals surface area contributed by atoms with Gasteiger partial charge in [-0.1, -0.05) is 0 Å². The first-order valence-electron chi connectivity index (χ1n) is 4.54. The summed E-state index contributed by atoms with van der Waals surface area (Å²) in [7, 11) is 0. The Bertz CT molecular complexity index is 320. The van der Waals surface area contributed by atoms with E-state index in [-0.39, 0.29) is 10.6 Å². The molecule has 2 rings (SSSR count). The molecule has 1 saturated carbocycles. The van der Waals surface area contributed by atoms with E-state index >= 15 is 0 Å². The summed E-state index contributed by atoms with van der Waals surface area (Å²) in [6.45, 7) is 2.92. The van der Waals surface area contributed by atoms with Gasteiger partial charge < -0.3 is 4.90 Å². The summed E-state index contributed by atoms with van der Waals surface area (Å²) in [5.41, 5.74) is 0. The molecule has 0 N–H and O–H groups in total. The van der Waals surface area contributed by atoms with Gasteiger partial charge in [0.1, 0.15) is 0 Å². The van der Waals surface area contributed by atoms with E-state index < -0.39 is 0 Å². The Morgan fingerprint density at radius 2 is 1.79 bits per heavy atom. The zero-order chi connectivity index (χ0) is 10.1. The molecule has 1 fully saturated rings. The lowest BCUT2D eigenvalue weighted by molar-refractivity contribution is 0.779. The van der Waals surface area contributed by atoms with Crippen LogP contribution in [0.25, 0.3) is 0 Å². The zero-order valence-corrected chi connectivity index (χ0v) is 9.26. The van der Waals surface area contributed by atoms with Gasteiger partial charge in [-0.25, -0.2) is 0 Å². The summed E-state index contributed by atoms with van der Waals surface area (Å²) in [6.07, 6.45) is 2.38. The van der Waals surface area contributed by atoms with Crippen molar-refractivity contribution in [3.8, 4) is 0 Å². The molecular weight excluding hydrogens is 223 g/mol. The van der Waals surface area contributed by atoms with Gasteiger partial charge in [-0.3, -0.25) is 0 Å². The minimum atomic E-state index is 0.152. The first kappa shape index (κ1) is 9.93. The lowest BCUT2D eigenvalue weighted by atomic mass is 10.5. The highest BCUT2D eigenvalue weighted by atomic mass is 35.5. The first-order valence-corrected chi connectivity index (χ1v) is 5.30. The van der Waals surface area contributed by atoms with Crippen molar-refractivity contribution < 1.29 is 0 Å². The Hall–Kier alpha value is -0.610. The molecule has 0 radical (unpaired) electrons. The maximum absolute atomic E-state index is 5.70. The second-order valence-corrected chi connectivity index (χ2v) is 3.87. The molecule has 4 nitrogen and oxygen atoms in total. The second-order valence-electron chi connectivity index (χ2n) is 3.19. The minimum Gasteiger partial charge on any atom is -0.338 e. The van der Waals surface area contributed by atoms with Crippen LogP contribution in [0.1, 0.15) is 19.8 Å². The van der Waals surface area contributed by atoms with E-state index in [1.807, 2.05) is 0 Å². The fourth-order valence-corrected chi connectivity index (χ4v) is 1.75. The molecule has 0 unspecified atom stereocenters. The maximum atomic E-state index is 5.70. The highest BCUT2D eigenvalue weighted by molar-refractivity contribution is 6.31. The van der Waals surface area contributed by atoms with E-state index in [0.717, 1.165) is 6.54 Å². The van der Waals surface area contributed by atoms with Gasteiger partial charge >= 0.3 is 0 Å². The van der Waals surface area contributed by atoms with Crippen molar-refractivity contribution in [1.29, 1.82) is 0 Å². The fraction of sp³-hybridized carbons (Fsp3) is 0.625. The number of hydrogen-bond acceptors (Lipinski definition) is 4. The van der Waals surface area contributed by atoms with Gasteiger partial charge in [0.15, 0.2) is 0 Å². The van der Waals surface area contributed by atoms with Gasteiger partial charge in [-0.05, 0) is 43.0 Å². The molecule has 1 aromatic heterocycles. The Balaban J connectivity index is 2.28. The summed E-state index contributed by atoms with van der Waals surface area (Å²) >= 11 is 11.4. The molecule has 1 aromatic rings. The third-order valence-electron chi connectivity index (χ3n) is 2.15. The average molecular weight is 233 g/mol. The molecule has 0 saturated heterocycles. The predicted molar refractivity (Wildman–Crippen MR) is 55.9 cm³/mol. The van der Waals surface area contributed by atoms with Crippen LogP contribution in [0.3, 0.4) is 0 Å². The van der Waals surface area contributed by atoms with E-state index in [4.69, 9.17) is 23.2 Å². The van der Waals surface area contributed by atoms with Crippen molar-refractivity contribution in [1.82, 2.24) is 15.0 Å². The largest absolute Gasteiger partial charge is 0.338 e. The third kappa shape index (κ3) is 2.07. The number of halogens is 2. The fourth-order valence-electron chi connectivity index (χ4n) is 1.39. The summed E-state index contributed by atoms with van der Waals surface area (Å²) in [4.78, 5) is 13.9. The van der Waals surface area contributed by atoms with Crippen molar-refractivity contribution in [3.05, 3.63) is 10.6 Å². The Morgan fingerprint density at radius 1 is 1.21 bits per heavy atom. The summed E-state index contributed by atoms with van der Waals surface area (Å²) in [5.74, 6) is 0.583. The van der Waals surface area contributed by atoms with E-state index in [9.17, 15) is 0 Å². The average Bonchev–Trinajstić information content (AvgIpc) is 2.87. The molecular formula is C8H10Cl2N4.